The van der Waals surface area contributed by atoms with E-state index in [4.69, 9.17) is 0 Å². The Hall–Kier alpha value is -1.30. The van der Waals surface area contributed by atoms with E-state index in [1.54, 1.807) is 18.6 Å². The quantitative estimate of drug-likeness (QED) is 0.819. The van der Waals surface area contributed by atoms with E-state index < -0.39 is 0 Å². The molecule has 0 spiro atoms. The lowest BCUT2D eigenvalue weighted by molar-refractivity contribution is -0.136. The molecule has 3 rings (SSSR count). The van der Waals surface area contributed by atoms with E-state index >= 15 is 0 Å². The number of aromatic nitrogens is 2. The summed E-state index contributed by atoms with van der Waals surface area (Å²) in [5.74, 6) is 2.62. The summed E-state index contributed by atoms with van der Waals surface area (Å²) in [5, 5.41) is 0.744. The molecule has 0 bridgehead atoms. The van der Waals surface area contributed by atoms with Crippen LogP contribution in [-0.2, 0) is 4.79 Å². The number of piperidine rings is 1. The average Bonchev–Trinajstić information content (AvgIpc) is 3.10. The van der Waals surface area contributed by atoms with Gasteiger partial charge in [0.25, 0.3) is 0 Å². The van der Waals surface area contributed by atoms with Gasteiger partial charge in [-0.3, -0.25) is 9.78 Å². The predicted molar refractivity (Wildman–Crippen MR) is 99.3 cm³/mol. The smallest absolute Gasteiger partial charge is 0.225 e. The van der Waals surface area contributed by atoms with Gasteiger partial charge in [0.2, 0.25) is 5.91 Å². The van der Waals surface area contributed by atoms with Crippen LogP contribution >= 0.6 is 11.8 Å². The fourth-order valence-electron chi connectivity index (χ4n) is 3.93. The van der Waals surface area contributed by atoms with E-state index in [0.29, 0.717) is 11.9 Å². The van der Waals surface area contributed by atoms with Gasteiger partial charge in [-0.05, 0) is 37.9 Å². The number of carbonyl (C=O) groups excluding carboxylic acids is 1. The molecule has 1 aliphatic carbocycles. The highest BCUT2D eigenvalue weighted by atomic mass is 32.2. The molecule has 24 heavy (non-hydrogen) atoms. The Morgan fingerprint density at radius 1 is 1.29 bits per heavy atom. The van der Waals surface area contributed by atoms with Crippen molar-refractivity contribution in [2.24, 2.45) is 5.92 Å². The summed E-state index contributed by atoms with van der Waals surface area (Å²) in [6, 6.07) is 0.444. The zero-order valence-electron chi connectivity index (χ0n) is 14.7. The highest BCUT2D eigenvalue weighted by molar-refractivity contribution is 7.99. The molecule has 1 amide bonds. The molecule has 1 aliphatic heterocycles. The van der Waals surface area contributed by atoms with Crippen molar-refractivity contribution in [1.29, 1.82) is 0 Å². The maximum atomic E-state index is 12.9. The summed E-state index contributed by atoms with van der Waals surface area (Å²) in [4.78, 5) is 25.7. The zero-order valence-corrected chi connectivity index (χ0v) is 15.5. The number of hydrogen-bond donors (Lipinski definition) is 0. The van der Waals surface area contributed by atoms with Gasteiger partial charge in [0.15, 0.2) is 0 Å². The second-order valence-electron chi connectivity index (χ2n) is 6.82. The van der Waals surface area contributed by atoms with Gasteiger partial charge in [0.1, 0.15) is 5.82 Å². The summed E-state index contributed by atoms with van der Waals surface area (Å²) < 4.78 is 0. The van der Waals surface area contributed by atoms with Crippen LogP contribution in [0.1, 0.15) is 39.0 Å². The van der Waals surface area contributed by atoms with Crippen molar-refractivity contribution < 1.29 is 4.79 Å². The highest BCUT2D eigenvalue weighted by Crippen LogP contribution is 2.33. The van der Waals surface area contributed by atoms with E-state index in [0.717, 1.165) is 37.0 Å². The van der Waals surface area contributed by atoms with Gasteiger partial charge in [-0.1, -0.05) is 6.92 Å². The summed E-state index contributed by atoms with van der Waals surface area (Å²) in [5.41, 5.74) is 0. The summed E-state index contributed by atoms with van der Waals surface area (Å²) >= 11 is 2.05. The summed E-state index contributed by atoms with van der Waals surface area (Å²) in [6.07, 6.45) is 10.6. The number of hydrogen-bond acceptors (Lipinski definition) is 5. The van der Waals surface area contributed by atoms with E-state index in [-0.39, 0.29) is 5.92 Å². The van der Waals surface area contributed by atoms with E-state index in [9.17, 15) is 4.79 Å². The number of thioether (sulfide) groups is 1. The first-order valence-electron chi connectivity index (χ1n) is 9.08. The molecule has 2 fully saturated rings. The lowest BCUT2D eigenvalue weighted by Crippen LogP contribution is -2.44. The van der Waals surface area contributed by atoms with E-state index in [1.165, 1.54) is 25.0 Å². The van der Waals surface area contributed by atoms with Crippen LogP contribution in [-0.4, -0.2) is 58.0 Å². The standard InChI is InChI=1S/C18H28N4OS/c1-3-24-16-5-4-15(12-16)21(2)18(23)14-6-10-22(11-7-14)17-13-19-8-9-20-17/h8-9,13-16H,3-7,10-12H2,1-2H3/t15-,16-/m0/s1. The van der Waals surface area contributed by atoms with Gasteiger partial charge in [-0.2, -0.15) is 11.8 Å². The van der Waals surface area contributed by atoms with Gasteiger partial charge in [-0.25, -0.2) is 4.98 Å². The number of carbonyl (C=O) groups is 1. The van der Waals surface area contributed by atoms with Crippen molar-refractivity contribution in [2.75, 3.05) is 30.8 Å². The van der Waals surface area contributed by atoms with Gasteiger partial charge < -0.3 is 9.80 Å². The fraction of sp³-hybridized carbons (Fsp3) is 0.722. The van der Waals surface area contributed by atoms with E-state index in [1.807, 2.05) is 18.8 Å². The van der Waals surface area contributed by atoms with Crippen molar-refractivity contribution in [1.82, 2.24) is 14.9 Å². The molecule has 2 heterocycles. The number of nitrogens with zero attached hydrogens (tertiary/aromatic N) is 4. The molecule has 1 saturated carbocycles. The van der Waals surface area contributed by atoms with Crippen molar-refractivity contribution in [3.05, 3.63) is 18.6 Å². The lowest BCUT2D eigenvalue weighted by atomic mass is 9.94. The summed E-state index contributed by atoms with van der Waals surface area (Å²) in [6.45, 7) is 4.00. The van der Waals surface area contributed by atoms with Gasteiger partial charge in [0, 0.05) is 49.7 Å². The lowest BCUT2D eigenvalue weighted by Gasteiger charge is -2.35. The Kier molecular flexibility index (Phi) is 5.98. The molecule has 1 aromatic rings. The molecular formula is C18H28N4OS. The molecule has 2 atom stereocenters. The second kappa shape index (κ2) is 8.19. The molecule has 2 aliphatic rings. The Morgan fingerprint density at radius 2 is 2.08 bits per heavy atom. The Labute approximate surface area is 149 Å². The second-order valence-corrected chi connectivity index (χ2v) is 8.40. The van der Waals surface area contributed by atoms with Crippen LogP contribution in [0.5, 0.6) is 0 Å². The van der Waals surface area contributed by atoms with Crippen LogP contribution in [0.3, 0.4) is 0 Å². The van der Waals surface area contributed by atoms with E-state index in [2.05, 4.69) is 26.7 Å². The largest absolute Gasteiger partial charge is 0.355 e. The third-order valence-electron chi connectivity index (χ3n) is 5.37. The van der Waals surface area contributed by atoms with Crippen LogP contribution in [0.15, 0.2) is 18.6 Å². The Morgan fingerprint density at radius 3 is 2.75 bits per heavy atom. The third-order valence-corrected chi connectivity index (χ3v) is 6.61. The molecule has 6 heteroatoms. The maximum Gasteiger partial charge on any atom is 0.225 e. The Bertz CT molecular complexity index is 533. The normalized spacial score (nSPS) is 25.0. The predicted octanol–water partition coefficient (Wildman–Crippen LogP) is 2.83. The molecule has 0 radical (unpaired) electrons. The van der Waals surface area contributed by atoms with Crippen LogP contribution in [0.4, 0.5) is 5.82 Å². The molecule has 0 N–H and O–H groups in total. The molecular weight excluding hydrogens is 320 g/mol. The first-order chi connectivity index (χ1) is 11.7. The molecule has 132 valence electrons. The van der Waals surface area contributed by atoms with Crippen molar-refractivity contribution >= 4 is 23.5 Å². The average molecular weight is 349 g/mol. The first kappa shape index (κ1) is 17.5. The molecule has 5 nitrogen and oxygen atoms in total. The Balaban J connectivity index is 1.50. The number of amides is 1. The number of rotatable bonds is 5. The van der Waals surface area contributed by atoms with Crippen LogP contribution in [0.25, 0.3) is 0 Å². The van der Waals surface area contributed by atoms with Crippen LogP contribution < -0.4 is 4.90 Å². The monoisotopic (exact) mass is 348 g/mol. The first-order valence-corrected chi connectivity index (χ1v) is 10.1. The minimum atomic E-state index is 0.167. The molecule has 0 aromatic carbocycles. The third kappa shape index (κ3) is 4.02. The molecule has 0 unspecified atom stereocenters. The SMILES string of the molecule is CCS[C@H]1CC[C@H](N(C)C(=O)C2CCN(c3cnccn3)CC2)C1. The zero-order chi connectivity index (χ0) is 16.9. The molecule has 1 saturated heterocycles. The van der Waals surface area contributed by atoms with Gasteiger partial charge in [0.05, 0.1) is 6.20 Å². The van der Waals surface area contributed by atoms with Gasteiger partial charge >= 0.3 is 0 Å². The van der Waals surface area contributed by atoms with Crippen molar-refractivity contribution in [2.45, 2.75) is 50.3 Å². The minimum absolute atomic E-state index is 0.167. The number of anilines is 1. The maximum absolute atomic E-state index is 12.9. The van der Waals surface area contributed by atoms with Crippen LogP contribution in [0.2, 0.25) is 0 Å². The van der Waals surface area contributed by atoms with Crippen molar-refractivity contribution in [3.8, 4) is 0 Å². The van der Waals surface area contributed by atoms with Crippen molar-refractivity contribution in [3.63, 3.8) is 0 Å². The highest BCUT2D eigenvalue weighted by Gasteiger charge is 2.34. The topological polar surface area (TPSA) is 49.3 Å². The van der Waals surface area contributed by atoms with Crippen LogP contribution in [0, 0.1) is 5.92 Å². The fourth-order valence-corrected chi connectivity index (χ4v) is 5.07. The van der Waals surface area contributed by atoms with Gasteiger partial charge in [-0.15, -0.1) is 0 Å². The molecule has 1 aromatic heterocycles. The minimum Gasteiger partial charge on any atom is -0.355 e. The summed E-state index contributed by atoms with van der Waals surface area (Å²) in [7, 11) is 2.01.